The van der Waals surface area contributed by atoms with Crippen molar-refractivity contribution in [1.82, 2.24) is 15.1 Å². The summed E-state index contributed by atoms with van der Waals surface area (Å²) in [5.74, 6) is 0. The molecule has 0 fully saturated rings. The summed E-state index contributed by atoms with van der Waals surface area (Å²) < 4.78 is 1.86. The van der Waals surface area contributed by atoms with E-state index in [-0.39, 0.29) is 5.54 Å². The van der Waals surface area contributed by atoms with Crippen molar-refractivity contribution in [3.05, 3.63) is 16.4 Å². The molecule has 1 N–H and O–H groups in total. The van der Waals surface area contributed by atoms with Crippen molar-refractivity contribution in [2.24, 2.45) is 7.05 Å². The number of aromatic nitrogens is 2. The van der Waals surface area contributed by atoms with Crippen molar-refractivity contribution in [1.29, 1.82) is 0 Å². The molecule has 0 atom stereocenters. The van der Waals surface area contributed by atoms with Gasteiger partial charge in [-0.2, -0.15) is 5.10 Å². The summed E-state index contributed by atoms with van der Waals surface area (Å²) in [6.07, 6.45) is 2.22. The van der Waals surface area contributed by atoms with Crippen LogP contribution in [0.3, 0.4) is 0 Å². The Kier molecular flexibility index (Phi) is 4.39. The first-order chi connectivity index (χ1) is 7.43. The highest BCUT2D eigenvalue weighted by atomic mass is 35.5. The third kappa shape index (κ3) is 2.77. The van der Waals surface area contributed by atoms with Crippen molar-refractivity contribution < 1.29 is 0 Å². The van der Waals surface area contributed by atoms with Crippen LogP contribution in [0.5, 0.6) is 0 Å². The molecule has 0 saturated heterocycles. The maximum absolute atomic E-state index is 6.21. The van der Waals surface area contributed by atoms with E-state index in [4.69, 9.17) is 11.6 Å². The minimum atomic E-state index is 0.182. The number of hydrogen-bond acceptors (Lipinski definition) is 2. The average molecular weight is 244 g/mol. The van der Waals surface area contributed by atoms with E-state index >= 15 is 0 Å². The summed E-state index contributed by atoms with van der Waals surface area (Å²) in [5.41, 5.74) is 2.14. The SMILES string of the molecule is CCC(C)(CC)NCc1c(Cl)c(C)nn1C. The number of nitrogens with one attached hydrogen (secondary N) is 1. The third-order valence-electron chi connectivity index (χ3n) is 3.50. The minimum Gasteiger partial charge on any atom is -0.306 e. The minimum absolute atomic E-state index is 0.182. The molecule has 0 amide bonds. The lowest BCUT2D eigenvalue weighted by atomic mass is 9.95. The molecule has 16 heavy (non-hydrogen) atoms. The standard InChI is InChI=1S/C12H22ClN3/c1-6-12(4,7-2)14-8-10-11(13)9(3)15-16(10)5/h14H,6-8H2,1-5H3. The molecule has 0 radical (unpaired) electrons. The van der Waals surface area contributed by atoms with Gasteiger partial charge in [0.15, 0.2) is 0 Å². The summed E-state index contributed by atoms with van der Waals surface area (Å²) in [6, 6.07) is 0. The molecular formula is C12H22ClN3. The normalized spacial score (nSPS) is 12.1. The molecule has 0 aliphatic heterocycles. The molecule has 1 aromatic rings. The van der Waals surface area contributed by atoms with Gasteiger partial charge in [-0.1, -0.05) is 25.4 Å². The van der Waals surface area contributed by atoms with Crippen LogP contribution in [-0.4, -0.2) is 15.3 Å². The first-order valence-electron chi connectivity index (χ1n) is 5.86. The first-order valence-corrected chi connectivity index (χ1v) is 6.24. The van der Waals surface area contributed by atoms with Crippen molar-refractivity contribution in [2.45, 2.75) is 52.6 Å². The van der Waals surface area contributed by atoms with Gasteiger partial charge in [0, 0.05) is 19.1 Å². The van der Waals surface area contributed by atoms with Crippen molar-refractivity contribution in [3.63, 3.8) is 0 Å². The molecule has 4 heteroatoms. The van der Waals surface area contributed by atoms with Crippen molar-refractivity contribution in [3.8, 4) is 0 Å². The lowest BCUT2D eigenvalue weighted by molar-refractivity contribution is 0.325. The van der Waals surface area contributed by atoms with E-state index in [0.29, 0.717) is 0 Å². The summed E-state index contributed by atoms with van der Waals surface area (Å²) in [5, 5.41) is 8.65. The van der Waals surface area contributed by atoms with Crippen LogP contribution in [0.1, 0.15) is 45.0 Å². The zero-order chi connectivity index (χ0) is 12.3. The van der Waals surface area contributed by atoms with Gasteiger partial charge in [-0.15, -0.1) is 0 Å². The molecule has 1 aromatic heterocycles. The highest BCUT2D eigenvalue weighted by Gasteiger charge is 2.20. The van der Waals surface area contributed by atoms with Gasteiger partial charge in [0.1, 0.15) is 0 Å². The van der Waals surface area contributed by atoms with Crippen molar-refractivity contribution >= 4 is 11.6 Å². The lowest BCUT2D eigenvalue weighted by Crippen LogP contribution is -2.40. The lowest BCUT2D eigenvalue weighted by Gasteiger charge is -2.28. The van der Waals surface area contributed by atoms with Gasteiger partial charge >= 0.3 is 0 Å². The second-order valence-electron chi connectivity index (χ2n) is 4.59. The number of halogens is 1. The predicted molar refractivity (Wildman–Crippen MR) is 68.8 cm³/mol. The second kappa shape index (κ2) is 5.19. The van der Waals surface area contributed by atoms with Gasteiger partial charge in [-0.05, 0) is 26.7 Å². The van der Waals surface area contributed by atoms with E-state index in [1.165, 1.54) is 0 Å². The molecule has 0 aliphatic rings. The quantitative estimate of drug-likeness (QED) is 0.862. The van der Waals surface area contributed by atoms with Crippen LogP contribution >= 0.6 is 11.6 Å². The molecule has 3 nitrogen and oxygen atoms in total. The molecule has 92 valence electrons. The number of hydrogen-bond donors (Lipinski definition) is 1. The van der Waals surface area contributed by atoms with E-state index in [9.17, 15) is 0 Å². The van der Waals surface area contributed by atoms with Crippen LogP contribution in [0.2, 0.25) is 5.02 Å². The smallest absolute Gasteiger partial charge is 0.0860 e. The molecule has 1 rings (SSSR count). The zero-order valence-electron chi connectivity index (χ0n) is 10.9. The Bertz CT molecular complexity index is 353. The number of nitrogens with zero attached hydrogens (tertiary/aromatic N) is 2. The van der Waals surface area contributed by atoms with E-state index < -0.39 is 0 Å². The molecule has 0 bridgehead atoms. The molecule has 0 aliphatic carbocycles. The Morgan fingerprint density at radius 3 is 2.31 bits per heavy atom. The first kappa shape index (κ1) is 13.5. The van der Waals surface area contributed by atoms with Crippen LogP contribution in [0.15, 0.2) is 0 Å². The summed E-state index contributed by atoms with van der Waals surface area (Å²) in [6.45, 7) is 9.35. The van der Waals surface area contributed by atoms with Gasteiger partial charge in [-0.3, -0.25) is 4.68 Å². The van der Waals surface area contributed by atoms with Crippen LogP contribution in [0.4, 0.5) is 0 Å². The average Bonchev–Trinajstić information content (AvgIpc) is 2.51. The Hall–Kier alpha value is -0.540. The van der Waals surface area contributed by atoms with Crippen LogP contribution in [0, 0.1) is 6.92 Å². The van der Waals surface area contributed by atoms with E-state index in [1.807, 2.05) is 18.7 Å². The molecule has 0 unspecified atom stereocenters. The predicted octanol–water partition coefficient (Wildman–Crippen LogP) is 3.05. The summed E-state index contributed by atoms with van der Waals surface area (Å²) in [7, 11) is 1.94. The maximum atomic E-state index is 6.21. The third-order valence-corrected chi connectivity index (χ3v) is 4.00. The Labute approximate surface area is 103 Å². The largest absolute Gasteiger partial charge is 0.306 e. The van der Waals surface area contributed by atoms with Gasteiger partial charge in [0.05, 0.1) is 16.4 Å². The van der Waals surface area contributed by atoms with Gasteiger partial charge in [0.25, 0.3) is 0 Å². The fourth-order valence-electron chi connectivity index (χ4n) is 1.67. The summed E-state index contributed by atoms with van der Waals surface area (Å²) in [4.78, 5) is 0. The highest BCUT2D eigenvalue weighted by molar-refractivity contribution is 6.31. The Balaban J connectivity index is 2.74. The number of rotatable bonds is 5. The second-order valence-corrected chi connectivity index (χ2v) is 4.97. The zero-order valence-corrected chi connectivity index (χ0v) is 11.6. The molecule has 0 spiro atoms. The van der Waals surface area contributed by atoms with E-state index in [0.717, 1.165) is 35.8 Å². The molecule has 0 aromatic carbocycles. The van der Waals surface area contributed by atoms with Gasteiger partial charge in [0.2, 0.25) is 0 Å². The van der Waals surface area contributed by atoms with Crippen LogP contribution in [-0.2, 0) is 13.6 Å². The molecule has 0 saturated carbocycles. The van der Waals surface area contributed by atoms with Crippen LogP contribution < -0.4 is 5.32 Å². The topological polar surface area (TPSA) is 29.9 Å². The molecular weight excluding hydrogens is 222 g/mol. The van der Waals surface area contributed by atoms with E-state index in [1.54, 1.807) is 0 Å². The number of aryl methyl sites for hydroxylation is 2. The summed E-state index contributed by atoms with van der Waals surface area (Å²) >= 11 is 6.21. The highest BCUT2D eigenvalue weighted by Crippen LogP contribution is 2.21. The van der Waals surface area contributed by atoms with E-state index in [2.05, 4.69) is 31.2 Å². The maximum Gasteiger partial charge on any atom is 0.0860 e. The van der Waals surface area contributed by atoms with Crippen molar-refractivity contribution in [2.75, 3.05) is 0 Å². The fraction of sp³-hybridized carbons (Fsp3) is 0.750. The fourth-order valence-corrected chi connectivity index (χ4v) is 1.90. The molecule has 1 heterocycles. The Morgan fingerprint density at radius 1 is 1.38 bits per heavy atom. The van der Waals surface area contributed by atoms with Gasteiger partial charge < -0.3 is 5.32 Å². The Morgan fingerprint density at radius 2 is 1.94 bits per heavy atom. The van der Waals surface area contributed by atoms with Gasteiger partial charge in [-0.25, -0.2) is 0 Å². The van der Waals surface area contributed by atoms with Crippen LogP contribution in [0.25, 0.3) is 0 Å². The monoisotopic (exact) mass is 243 g/mol.